The average molecular weight is 489 g/mol. The first kappa shape index (κ1) is 23.3. The lowest BCUT2D eigenvalue weighted by atomic mass is 9.43. The Morgan fingerprint density at radius 2 is 1.86 bits per heavy atom. The van der Waals surface area contributed by atoms with Gasteiger partial charge in [0.05, 0.1) is 23.7 Å². The van der Waals surface area contributed by atoms with Crippen LogP contribution in [0.15, 0.2) is 12.2 Å². The zero-order valence-electron chi connectivity index (χ0n) is 21.4. The fraction of sp³-hybridized carbons (Fsp3) is 0.893. The Morgan fingerprint density at radius 3 is 2.57 bits per heavy atom. The summed E-state index contributed by atoms with van der Waals surface area (Å²) in [6, 6.07) is 0. The summed E-state index contributed by atoms with van der Waals surface area (Å²) in [5.41, 5.74) is -3.15. The smallest absolute Gasteiger partial charge is 0.186 e. The Hall–Kier alpha value is -0.830. The van der Waals surface area contributed by atoms with Crippen LogP contribution in [-0.2, 0) is 19.0 Å². The van der Waals surface area contributed by atoms with Crippen molar-refractivity contribution in [3.05, 3.63) is 12.2 Å². The van der Waals surface area contributed by atoms with E-state index in [2.05, 4.69) is 13.8 Å². The molecular weight excluding hydrogens is 448 g/mol. The highest BCUT2D eigenvalue weighted by Crippen LogP contribution is 2.72. The molecule has 7 aliphatic rings. The summed E-state index contributed by atoms with van der Waals surface area (Å²) in [5.74, 6) is 0.489. The van der Waals surface area contributed by atoms with E-state index >= 15 is 0 Å². The monoisotopic (exact) mass is 488 g/mol. The predicted octanol–water partition coefficient (Wildman–Crippen LogP) is 2.35. The second-order valence-corrected chi connectivity index (χ2v) is 13.8. The predicted molar refractivity (Wildman–Crippen MR) is 125 cm³/mol. The van der Waals surface area contributed by atoms with Gasteiger partial charge in [0.2, 0.25) is 0 Å². The molecule has 15 atom stereocenters. The van der Waals surface area contributed by atoms with E-state index in [9.17, 15) is 20.1 Å². The molecule has 0 aromatic heterocycles. The van der Waals surface area contributed by atoms with E-state index in [0.717, 1.165) is 12.8 Å². The van der Waals surface area contributed by atoms with Gasteiger partial charge in [0.25, 0.3) is 0 Å². The highest BCUT2D eigenvalue weighted by molar-refractivity contribution is 5.97. The molecule has 3 saturated heterocycles. The molecule has 35 heavy (non-hydrogen) atoms. The van der Waals surface area contributed by atoms with E-state index in [1.165, 1.54) is 0 Å². The van der Waals surface area contributed by atoms with Crippen molar-refractivity contribution in [1.82, 2.24) is 0 Å². The average Bonchev–Trinajstić information content (AvgIpc) is 3.66. The maximum Gasteiger partial charge on any atom is 0.186 e. The Kier molecular flexibility index (Phi) is 4.39. The van der Waals surface area contributed by atoms with Crippen molar-refractivity contribution in [2.75, 3.05) is 0 Å². The van der Waals surface area contributed by atoms with Crippen molar-refractivity contribution in [3.8, 4) is 0 Å². The zero-order chi connectivity index (χ0) is 24.9. The number of ketones is 1. The van der Waals surface area contributed by atoms with Crippen LogP contribution in [0.2, 0.25) is 0 Å². The SMILES string of the molecule is C[C@@H]([C@H]1[C@H](O)C[C@H]2[C@@H]3[C@@H]4O[C@@H]4[C@@]4(O)CC=CC(=O)[C@]4(C)[C@H]3CC[C@]12C)[C@H]1C[C@]2(C)O[C@]2(C)[C@H](O)O1. The molecule has 7 heteroatoms. The van der Waals surface area contributed by atoms with Gasteiger partial charge >= 0.3 is 0 Å². The standard InChI is InChI=1S/C28H40O7/c1-13(17-12-25(3)27(5,35-25)23(31)33-17)20-16(29)11-15-19-14(8-10-24(15,20)2)26(4)18(30)7-6-9-28(26,32)22-21(19)34-22/h6-7,13-17,19-23,29,31-32H,8-12H2,1-5H3/t13-,14+,15+,16-,17-,19-,20+,21+,22+,23-,24+,25+,26+,27-,28+/m1/s1. The van der Waals surface area contributed by atoms with Crippen LogP contribution in [0.1, 0.15) is 66.7 Å². The van der Waals surface area contributed by atoms with E-state index in [1.54, 1.807) is 12.2 Å². The van der Waals surface area contributed by atoms with Crippen LogP contribution in [0.5, 0.6) is 0 Å². The molecule has 0 spiro atoms. The second kappa shape index (κ2) is 6.59. The molecule has 0 aromatic carbocycles. The number of carbonyl (C=O) groups is 1. The molecule has 7 nitrogen and oxygen atoms in total. The summed E-state index contributed by atoms with van der Waals surface area (Å²) < 4.78 is 18.2. The van der Waals surface area contributed by atoms with Gasteiger partial charge in [-0.2, -0.15) is 0 Å². The van der Waals surface area contributed by atoms with Gasteiger partial charge < -0.3 is 29.5 Å². The molecule has 3 heterocycles. The molecule has 6 fully saturated rings. The van der Waals surface area contributed by atoms with Crippen molar-refractivity contribution in [2.45, 2.75) is 114 Å². The third-order valence-electron chi connectivity index (χ3n) is 12.6. The van der Waals surface area contributed by atoms with Crippen molar-refractivity contribution in [3.63, 3.8) is 0 Å². The maximum atomic E-state index is 13.3. The van der Waals surface area contributed by atoms with Gasteiger partial charge in [0.15, 0.2) is 12.1 Å². The number of rotatable bonds is 2. The molecule has 3 N–H and O–H groups in total. The van der Waals surface area contributed by atoms with Gasteiger partial charge in [-0.3, -0.25) is 4.79 Å². The van der Waals surface area contributed by atoms with Crippen molar-refractivity contribution in [1.29, 1.82) is 0 Å². The Labute approximate surface area is 207 Å². The minimum absolute atomic E-state index is 0.0186. The number of hydrogen-bond donors (Lipinski definition) is 3. The molecule has 0 aromatic rings. The van der Waals surface area contributed by atoms with E-state index in [0.29, 0.717) is 19.3 Å². The van der Waals surface area contributed by atoms with Crippen LogP contribution < -0.4 is 0 Å². The van der Waals surface area contributed by atoms with E-state index in [-0.39, 0.29) is 59.1 Å². The van der Waals surface area contributed by atoms with Crippen molar-refractivity contribution >= 4 is 5.78 Å². The zero-order valence-corrected chi connectivity index (χ0v) is 21.4. The van der Waals surface area contributed by atoms with Gasteiger partial charge in [0.1, 0.15) is 22.9 Å². The normalized spacial score (nSPS) is 64.9. The summed E-state index contributed by atoms with van der Waals surface area (Å²) in [6.07, 6.45) is 5.07. The van der Waals surface area contributed by atoms with Crippen molar-refractivity contribution < 1.29 is 34.3 Å². The summed E-state index contributed by atoms with van der Waals surface area (Å²) >= 11 is 0. The van der Waals surface area contributed by atoms with Crippen LogP contribution in [0.4, 0.5) is 0 Å². The topological polar surface area (TPSA) is 112 Å². The molecule has 3 saturated carbocycles. The van der Waals surface area contributed by atoms with Gasteiger partial charge in [0, 0.05) is 6.42 Å². The number of hydrogen-bond acceptors (Lipinski definition) is 7. The Morgan fingerprint density at radius 1 is 1.11 bits per heavy atom. The minimum Gasteiger partial charge on any atom is -0.393 e. The molecule has 0 amide bonds. The molecular formula is C28H40O7. The third kappa shape index (κ3) is 2.52. The lowest BCUT2D eigenvalue weighted by molar-refractivity contribution is -0.208. The van der Waals surface area contributed by atoms with Gasteiger partial charge in [-0.1, -0.05) is 19.9 Å². The van der Waals surface area contributed by atoms with Gasteiger partial charge in [-0.15, -0.1) is 0 Å². The number of allylic oxidation sites excluding steroid dienone is 1. The summed E-state index contributed by atoms with van der Waals surface area (Å²) in [7, 11) is 0. The lowest BCUT2D eigenvalue weighted by Gasteiger charge is -2.60. The lowest BCUT2D eigenvalue weighted by Crippen LogP contribution is -2.67. The highest BCUT2D eigenvalue weighted by atomic mass is 16.7. The van der Waals surface area contributed by atoms with Gasteiger partial charge in [-0.05, 0) is 87.5 Å². The quantitative estimate of drug-likeness (QED) is 0.512. The number of epoxide rings is 2. The fourth-order valence-corrected chi connectivity index (χ4v) is 10.3. The first-order valence-corrected chi connectivity index (χ1v) is 13.6. The van der Waals surface area contributed by atoms with E-state index in [4.69, 9.17) is 14.2 Å². The molecule has 0 unspecified atom stereocenters. The first-order chi connectivity index (χ1) is 16.3. The van der Waals surface area contributed by atoms with Crippen LogP contribution in [0.25, 0.3) is 0 Å². The molecule has 7 rings (SSSR count). The molecule has 194 valence electrons. The fourth-order valence-electron chi connectivity index (χ4n) is 10.3. The summed E-state index contributed by atoms with van der Waals surface area (Å²) in [5, 5.41) is 33.9. The molecule has 0 radical (unpaired) electrons. The number of aliphatic hydroxyl groups excluding tert-OH is 2. The third-order valence-corrected chi connectivity index (χ3v) is 12.6. The highest BCUT2D eigenvalue weighted by Gasteiger charge is 2.78. The molecule has 3 aliphatic heterocycles. The van der Waals surface area contributed by atoms with Crippen LogP contribution in [0.3, 0.4) is 0 Å². The second-order valence-electron chi connectivity index (χ2n) is 13.8. The molecule has 0 bridgehead atoms. The van der Waals surface area contributed by atoms with Gasteiger partial charge in [-0.25, -0.2) is 0 Å². The summed E-state index contributed by atoms with van der Waals surface area (Å²) in [6.45, 7) is 10.4. The van der Waals surface area contributed by atoms with Crippen LogP contribution in [0, 0.1) is 40.4 Å². The maximum absolute atomic E-state index is 13.3. The van der Waals surface area contributed by atoms with Crippen molar-refractivity contribution in [2.24, 2.45) is 40.4 Å². The largest absolute Gasteiger partial charge is 0.393 e. The first-order valence-electron chi connectivity index (χ1n) is 13.6. The minimum atomic E-state index is -1.14. The Bertz CT molecular complexity index is 1010. The number of fused-ring (bicyclic) bond motifs is 9. The van der Waals surface area contributed by atoms with Crippen LogP contribution >= 0.6 is 0 Å². The number of aliphatic hydroxyl groups is 3. The molecule has 4 aliphatic carbocycles. The van der Waals surface area contributed by atoms with E-state index < -0.39 is 34.6 Å². The van der Waals surface area contributed by atoms with E-state index in [1.807, 2.05) is 20.8 Å². The number of ether oxygens (including phenoxy) is 3. The number of carbonyl (C=O) groups excluding carboxylic acids is 1. The summed E-state index contributed by atoms with van der Waals surface area (Å²) in [4.78, 5) is 13.3. The van der Waals surface area contributed by atoms with Crippen LogP contribution in [-0.4, -0.2) is 68.6 Å². The Balaban J connectivity index is 1.20.